The fraction of sp³-hybridized carbons (Fsp3) is 0.364. The number of rotatable bonds is 4. The van der Waals surface area contributed by atoms with Gasteiger partial charge in [0.15, 0.2) is 5.96 Å². The lowest BCUT2D eigenvalue weighted by Crippen LogP contribution is -2.38. The number of hydrogen-bond acceptors (Lipinski definition) is 2. The van der Waals surface area contributed by atoms with E-state index in [1.54, 1.807) is 18.4 Å². The minimum atomic E-state index is 0. The van der Waals surface area contributed by atoms with E-state index in [9.17, 15) is 0 Å². The summed E-state index contributed by atoms with van der Waals surface area (Å²) in [6.45, 7) is 1.36. The molecular formula is C11H16IN3S. The van der Waals surface area contributed by atoms with Crippen LogP contribution in [0, 0.1) is 12.3 Å². The third-order valence-electron chi connectivity index (χ3n) is 1.83. The average molecular weight is 349 g/mol. The number of terminal acetylenes is 1. The number of nitrogens with one attached hydrogen (secondary N) is 2. The Kier molecular flexibility index (Phi) is 9.04. The summed E-state index contributed by atoms with van der Waals surface area (Å²) in [7, 11) is 1.73. The van der Waals surface area contributed by atoms with Crippen molar-refractivity contribution < 1.29 is 0 Å². The quantitative estimate of drug-likeness (QED) is 0.376. The van der Waals surface area contributed by atoms with Gasteiger partial charge in [0, 0.05) is 18.5 Å². The van der Waals surface area contributed by atoms with Crippen molar-refractivity contribution in [2.24, 2.45) is 4.99 Å². The Bertz CT molecular complexity index is 341. The fourth-order valence-corrected chi connectivity index (χ4v) is 1.82. The lowest BCUT2D eigenvalue weighted by atomic mass is 10.3. The molecule has 0 aliphatic heterocycles. The van der Waals surface area contributed by atoms with Crippen LogP contribution in [0.25, 0.3) is 0 Å². The second-order valence-corrected chi connectivity index (χ2v) is 3.92. The number of halogens is 1. The highest BCUT2D eigenvalue weighted by molar-refractivity contribution is 14.0. The zero-order valence-electron chi connectivity index (χ0n) is 9.19. The molecule has 0 aromatic carbocycles. The van der Waals surface area contributed by atoms with Crippen molar-refractivity contribution in [1.82, 2.24) is 10.6 Å². The van der Waals surface area contributed by atoms with Crippen LogP contribution in [0.3, 0.4) is 0 Å². The molecule has 0 aliphatic rings. The van der Waals surface area contributed by atoms with E-state index < -0.39 is 0 Å². The highest BCUT2D eigenvalue weighted by Crippen LogP contribution is 2.07. The predicted octanol–water partition coefficient (Wildman–Crippen LogP) is 1.71. The number of hydrogen-bond donors (Lipinski definition) is 2. The molecule has 16 heavy (non-hydrogen) atoms. The van der Waals surface area contributed by atoms with Gasteiger partial charge in [-0.15, -0.1) is 41.7 Å². The van der Waals surface area contributed by atoms with E-state index in [2.05, 4.69) is 39.1 Å². The zero-order valence-corrected chi connectivity index (χ0v) is 12.3. The standard InChI is InChI=1S/C11H15N3S.HI/c1-3-7-13-11(12-2)14-8-6-10-5-4-9-15-10;/h1,4-5,9H,6-8H2,2H3,(H2,12,13,14);1H. The van der Waals surface area contributed by atoms with Gasteiger partial charge in [0.05, 0.1) is 6.54 Å². The molecule has 0 spiro atoms. The molecule has 0 fully saturated rings. The summed E-state index contributed by atoms with van der Waals surface area (Å²) in [6, 6.07) is 4.19. The molecule has 1 rings (SSSR count). The van der Waals surface area contributed by atoms with Gasteiger partial charge in [-0.05, 0) is 17.9 Å². The van der Waals surface area contributed by atoms with Crippen molar-refractivity contribution in [2.45, 2.75) is 6.42 Å². The predicted molar refractivity (Wildman–Crippen MR) is 81.6 cm³/mol. The van der Waals surface area contributed by atoms with Gasteiger partial charge in [0.1, 0.15) is 0 Å². The molecule has 5 heteroatoms. The molecule has 0 atom stereocenters. The van der Waals surface area contributed by atoms with E-state index in [1.807, 2.05) is 0 Å². The van der Waals surface area contributed by atoms with E-state index in [0.29, 0.717) is 6.54 Å². The molecule has 0 aliphatic carbocycles. The highest BCUT2D eigenvalue weighted by atomic mass is 127. The second-order valence-electron chi connectivity index (χ2n) is 2.89. The number of nitrogens with zero attached hydrogens (tertiary/aromatic N) is 1. The van der Waals surface area contributed by atoms with Crippen molar-refractivity contribution in [3.05, 3.63) is 22.4 Å². The van der Waals surface area contributed by atoms with Crippen molar-refractivity contribution in [3.8, 4) is 12.3 Å². The van der Waals surface area contributed by atoms with Crippen molar-refractivity contribution in [2.75, 3.05) is 20.1 Å². The van der Waals surface area contributed by atoms with Crippen LogP contribution in [0.2, 0.25) is 0 Å². The fourth-order valence-electron chi connectivity index (χ4n) is 1.11. The minimum Gasteiger partial charge on any atom is -0.356 e. The molecule has 2 N–H and O–H groups in total. The Morgan fingerprint density at radius 2 is 2.38 bits per heavy atom. The summed E-state index contributed by atoms with van der Waals surface area (Å²) in [4.78, 5) is 5.42. The summed E-state index contributed by atoms with van der Waals surface area (Å²) in [5.41, 5.74) is 0. The SMILES string of the molecule is C#CCNC(=NC)NCCc1cccs1.I. The lowest BCUT2D eigenvalue weighted by molar-refractivity contribution is 0.832. The third-order valence-corrected chi connectivity index (χ3v) is 2.76. The summed E-state index contributed by atoms with van der Waals surface area (Å²) in [5, 5.41) is 8.28. The Morgan fingerprint density at radius 3 is 2.94 bits per heavy atom. The zero-order chi connectivity index (χ0) is 10.9. The van der Waals surface area contributed by atoms with Crippen LogP contribution in [0.1, 0.15) is 4.88 Å². The summed E-state index contributed by atoms with van der Waals surface area (Å²) in [5.74, 6) is 3.26. The van der Waals surface area contributed by atoms with Gasteiger partial charge in [-0.3, -0.25) is 4.99 Å². The Labute approximate surface area is 118 Å². The molecule has 0 radical (unpaired) electrons. The first kappa shape index (κ1) is 15.3. The smallest absolute Gasteiger partial charge is 0.191 e. The van der Waals surface area contributed by atoms with Gasteiger partial charge >= 0.3 is 0 Å². The molecule has 0 saturated heterocycles. The maximum absolute atomic E-state index is 5.14. The maximum Gasteiger partial charge on any atom is 0.191 e. The van der Waals surface area contributed by atoms with Crippen molar-refractivity contribution in [1.29, 1.82) is 0 Å². The summed E-state index contributed by atoms with van der Waals surface area (Å²) < 4.78 is 0. The van der Waals surface area contributed by atoms with Gasteiger partial charge in [0.2, 0.25) is 0 Å². The molecule has 1 aromatic heterocycles. The number of aliphatic imine (C=N–C) groups is 1. The summed E-state index contributed by atoms with van der Waals surface area (Å²) >= 11 is 1.77. The first-order valence-corrected chi connectivity index (χ1v) is 5.65. The lowest BCUT2D eigenvalue weighted by Gasteiger charge is -2.08. The van der Waals surface area contributed by atoms with Crippen LogP contribution in [-0.2, 0) is 6.42 Å². The van der Waals surface area contributed by atoms with Gasteiger partial charge in [-0.25, -0.2) is 0 Å². The highest BCUT2D eigenvalue weighted by Gasteiger charge is 1.96. The normalized spacial score (nSPS) is 10.1. The number of thiophene rings is 1. The van der Waals surface area contributed by atoms with E-state index in [-0.39, 0.29) is 24.0 Å². The van der Waals surface area contributed by atoms with E-state index in [4.69, 9.17) is 6.42 Å². The molecule has 1 aromatic rings. The Hall–Kier alpha value is -0.740. The number of guanidine groups is 1. The van der Waals surface area contributed by atoms with Crippen LogP contribution >= 0.6 is 35.3 Å². The van der Waals surface area contributed by atoms with Crippen LogP contribution < -0.4 is 10.6 Å². The van der Waals surface area contributed by atoms with Crippen molar-refractivity contribution in [3.63, 3.8) is 0 Å². The van der Waals surface area contributed by atoms with Gasteiger partial charge in [0.25, 0.3) is 0 Å². The molecule has 0 bridgehead atoms. The van der Waals surface area contributed by atoms with E-state index in [1.165, 1.54) is 4.88 Å². The monoisotopic (exact) mass is 349 g/mol. The van der Waals surface area contributed by atoms with Gasteiger partial charge in [-0.2, -0.15) is 0 Å². The van der Waals surface area contributed by atoms with Crippen LogP contribution in [0.4, 0.5) is 0 Å². The molecule has 88 valence electrons. The molecule has 0 unspecified atom stereocenters. The largest absolute Gasteiger partial charge is 0.356 e. The topological polar surface area (TPSA) is 36.4 Å². The molecule has 0 saturated carbocycles. The molecule has 1 heterocycles. The van der Waals surface area contributed by atoms with Crippen molar-refractivity contribution >= 4 is 41.3 Å². The molecule has 0 amide bonds. The Morgan fingerprint density at radius 1 is 1.56 bits per heavy atom. The van der Waals surface area contributed by atoms with Crippen LogP contribution in [0.15, 0.2) is 22.5 Å². The first-order valence-electron chi connectivity index (χ1n) is 4.77. The minimum absolute atomic E-state index is 0. The second kappa shape index (κ2) is 9.48. The van der Waals surface area contributed by atoms with Gasteiger partial charge < -0.3 is 10.6 Å². The summed E-state index contributed by atoms with van der Waals surface area (Å²) in [6.07, 6.45) is 6.15. The Balaban J connectivity index is 0.00000225. The third kappa shape index (κ3) is 5.98. The maximum atomic E-state index is 5.14. The van der Waals surface area contributed by atoms with E-state index >= 15 is 0 Å². The van der Waals surface area contributed by atoms with Crippen LogP contribution in [-0.4, -0.2) is 26.1 Å². The van der Waals surface area contributed by atoms with E-state index in [0.717, 1.165) is 18.9 Å². The van der Waals surface area contributed by atoms with Crippen LogP contribution in [0.5, 0.6) is 0 Å². The first-order chi connectivity index (χ1) is 7.36. The average Bonchev–Trinajstić information content (AvgIpc) is 2.76. The molecule has 3 nitrogen and oxygen atoms in total. The van der Waals surface area contributed by atoms with Gasteiger partial charge in [-0.1, -0.05) is 12.0 Å². The molecular weight excluding hydrogens is 333 g/mol.